The lowest BCUT2D eigenvalue weighted by Crippen LogP contribution is -2.04. The zero-order valence-corrected chi connectivity index (χ0v) is 17.3. The van der Waals surface area contributed by atoms with Crippen LogP contribution in [0.25, 0.3) is 0 Å². The van der Waals surface area contributed by atoms with Gasteiger partial charge in [-0.1, -0.05) is 59.9 Å². The summed E-state index contributed by atoms with van der Waals surface area (Å²) in [6, 6.07) is 15.5. The van der Waals surface area contributed by atoms with E-state index in [1.165, 1.54) is 12.7 Å². The molecule has 148 valence electrons. The molecule has 0 radical (unpaired) electrons. The van der Waals surface area contributed by atoms with E-state index in [2.05, 4.69) is 33.8 Å². The van der Waals surface area contributed by atoms with Crippen molar-refractivity contribution < 1.29 is 13.5 Å². The minimum atomic E-state index is -2.47. The Labute approximate surface area is 171 Å². The molecule has 0 bridgehead atoms. The molecule has 1 aromatic heterocycles. The summed E-state index contributed by atoms with van der Waals surface area (Å²) >= 11 is 2.07. The van der Waals surface area contributed by atoms with Crippen LogP contribution in [0.2, 0.25) is 0 Å². The first kappa shape index (κ1) is 20.7. The Hall–Kier alpha value is -2.06. The van der Waals surface area contributed by atoms with E-state index in [0.29, 0.717) is 28.2 Å². The van der Waals surface area contributed by atoms with Crippen molar-refractivity contribution in [2.24, 2.45) is 0 Å². The molecule has 0 saturated heterocycles. The number of rotatable bonds is 9. The van der Waals surface area contributed by atoms with Crippen LogP contribution in [-0.4, -0.2) is 27.6 Å². The van der Waals surface area contributed by atoms with E-state index in [-0.39, 0.29) is 0 Å². The fourth-order valence-corrected chi connectivity index (χ4v) is 4.36. The molecule has 0 amide bonds. The summed E-state index contributed by atoms with van der Waals surface area (Å²) < 4.78 is 32.6. The fraction of sp³-hybridized carbons (Fsp3) is 0.300. The lowest BCUT2D eigenvalue weighted by Gasteiger charge is -2.10. The minimum absolute atomic E-state index is 0.438. The molecule has 2 aromatic carbocycles. The second kappa shape index (κ2) is 9.93. The molecule has 3 rings (SSSR count). The van der Waals surface area contributed by atoms with Crippen LogP contribution in [0, 0.1) is 0 Å². The highest BCUT2D eigenvalue weighted by Gasteiger charge is 2.14. The summed E-state index contributed by atoms with van der Waals surface area (Å²) in [6.45, 7) is 2.85. The maximum Gasteiger partial charge on any atom is 0.289 e. The third-order valence-electron chi connectivity index (χ3n) is 4.13. The van der Waals surface area contributed by atoms with E-state index in [1.54, 1.807) is 23.9 Å². The second-order valence-corrected chi connectivity index (χ2v) is 7.93. The van der Waals surface area contributed by atoms with Crippen molar-refractivity contribution in [1.82, 2.24) is 14.8 Å². The Balaban J connectivity index is 1.71. The van der Waals surface area contributed by atoms with Crippen molar-refractivity contribution in [2.75, 3.05) is 7.11 Å². The molecule has 0 atom stereocenters. The summed E-state index contributed by atoms with van der Waals surface area (Å²) in [5, 5.41) is 9.54. The van der Waals surface area contributed by atoms with Gasteiger partial charge >= 0.3 is 0 Å². The van der Waals surface area contributed by atoms with Crippen molar-refractivity contribution in [3.05, 3.63) is 65.5 Å². The highest BCUT2D eigenvalue weighted by atomic mass is 32.2. The van der Waals surface area contributed by atoms with E-state index in [9.17, 15) is 8.78 Å². The van der Waals surface area contributed by atoms with Crippen molar-refractivity contribution in [3.8, 4) is 5.75 Å². The van der Waals surface area contributed by atoms with E-state index in [4.69, 9.17) is 4.74 Å². The van der Waals surface area contributed by atoms with Crippen molar-refractivity contribution in [1.29, 1.82) is 0 Å². The molecule has 8 heteroatoms. The molecule has 0 aliphatic carbocycles. The number of methoxy groups -OCH3 is 1. The van der Waals surface area contributed by atoms with Crippen molar-refractivity contribution in [3.63, 3.8) is 0 Å². The first-order chi connectivity index (χ1) is 13.6. The monoisotopic (exact) mass is 421 g/mol. The van der Waals surface area contributed by atoms with Gasteiger partial charge in [0, 0.05) is 18.7 Å². The quantitative estimate of drug-likeness (QED) is 0.427. The third kappa shape index (κ3) is 5.26. The van der Waals surface area contributed by atoms with Gasteiger partial charge in [0.1, 0.15) is 11.6 Å². The molecule has 0 fully saturated rings. The van der Waals surface area contributed by atoms with Crippen LogP contribution < -0.4 is 4.74 Å². The van der Waals surface area contributed by atoms with Gasteiger partial charge in [0.05, 0.1) is 12.0 Å². The normalized spacial score (nSPS) is 11.2. The average Bonchev–Trinajstić information content (AvgIpc) is 3.09. The van der Waals surface area contributed by atoms with Gasteiger partial charge < -0.3 is 9.30 Å². The van der Waals surface area contributed by atoms with Gasteiger partial charge in [0.25, 0.3) is 5.76 Å². The Bertz CT molecular complexity index is 904. The second-order valence-electron chi connectivity index (χ2n) is 5.96. The van der Waals surface area contributed by atoms with Gasteiger partial charge in [0.15, 0.2) is 5.16 Å². The summed E-state index contributed by atoms with van der Waals surface area (Å²) in [6.07, 6.45) is 0.732. The number of halogens is 2. The average molecular weight is 422 g/mol. The van der Waals surface area contributed by atoms with Crippen LogP contribution in [0.3, 0.4) is 0 Å². The maximum absolute atomic E-state index is 12.6. The molecule has 28 heavy (non-hydrogen) atoms. The minimum Gasteiger partial charge on any atom is -0.496 e. The van der Waals surface area contributed by atoms with Crippen LogP contribution in [-0.2, 0) is 18.7 Å². The maximum atomic E-state index is 12.6. The number of hydrogen-bond donors (Lipinski definition) is 0. The molecule has 4 nitrogen and oxygen atoms in total. The fourth-order valence-electron chi connectivity index (χ4n) is 2.80. The van der Waals surface area contributed by atoms with Gasteiger partial charge in [-0.05, 0) is 30.2 Å². The third-order valence-corrected chi connectivity index (χ3v) is 5.93. The zero-order valence-electron chi connectivity index (χ0n) is 15.6. The van der Waals surface area contributed by atoms with Crippen LogP contribution in [0.15, 0.2) is 58.6 Å². The first-order valence-corrected chi connectivity index (χ1v) is 10.7. The SMILES string of the molecule is CCn1c(Cc2ccccc2)nnc1SCc1ccc(SC(F)F)c(OC)c1. The molecule has 0 N–H and O–H groups in total. The molecule has 0 unspecified atom stereocenters. The lowest BCUT2D eigenvalue weighted by molar-refractivity contribution is 0.251. The number of thioether (sulfide) groups is 2. The van der Waals surface area contributed by atoms with Crippen LogP contribution in [0.1, 0.15) is 23.9 Å². The highest BCUT2D eigenvalue weighted by molar-refractivity contribution is 7.99. The van der Waals surface area contributed by atoms with Gasteiger partial charge in [-0.2, -0.15) is 8.78 Å². The number of nitrogens with zero attached hydrogens (tertiary/aromatic N) is 3. The summed E-state index contributed by atoms with van der Waals surface area (Å²) in [4.78, 5) is 0.438. The first-order valence-electron chi connectivity index (χ1n) is 8.81. The van der Waals surface area contributed by atoms with Gasteiger partial charge in [-0.15, -0.1) is 10.2 Å². The van der Waals surface area contributed by atoms with Crippen LogP contribution in [0.5, 0.6) is 5.75 Å². The molecule has 3 aromatic rings. The molecule has 0 aliphatic rings. The molecule has 0 spiro atoms. The molecule has 1 heterocycles. The number of hydrogen-bond acceptors (Lipinski definition) is 5. The Morgan fingerprint density at radius 3 is 2.54 bits per heavy atom. The largest absolute Gasteiger partial charge is 0.496 e. The number of aromatic nitrogens is 3. The Kier molecular flexibility index (Phi) is 7.33. The van der Waals surface area contributed by atoms with Gasteiger partial charge in [-0.3, -0.25) is 0 Å². The van der Waals surface area contributed by atoms with Crippen molar-refractivity contribution in [2.45, 2.75) is 41.5 Å². The Morgan fingerprint density at radius 2 is 1.86 bits per heavy atom. The van der Waals surface area contributed by atoms with E-state index < -0.39 is 5.76 Å². The van der Waals surface area contributed by atoms with Crippen molar-refractivity contribution >= 4 is 23.5 Å². The zero-order chi connectivity index (χ0) is 19.9. The summed E-state index contributed by atoms with van der Waals surface area (Å²) in [5.74, 6) is -0.428. The predicted octanol–water partition coefficient (Wildman–Crippen LogP) is 5.50. The summed E-state index contributed by atoms with van der Waals surface area (Å²) in [7, 11) is 1.49. The van der Waals surface area contributed by atoms with Crippen LogP contribution in [0.4, 0.5) is 8.78 Å². The Morgan fingerprint density at radius 1 is 1.07 bits per heavy atom. The number of alkyl halides is 2. The van der Waals surface area contributed by atoms with Crippen LogP contribution >= 0.6 is 23.5 Å². The molecule has 0 saturated carbocycles. The van der Waals surface area contributed by atoms with Gasteiger partial charge in [-0.25, -0.2) is 0 Å². The van der Waals surface area contributed by atoms with E-state index in [0.717, 1.165) is 29.5 Å². The molecule has 0 aliphatic heterocycles. The molecular formula is C20H21F2N3OS2. The lowest BCUT2D eigenvalue weighted by atomic mass is 10.1. The van der Waals surface area contributed by atoms with E-state index in [1.807, 2.05) is 24.3 Å². The van der Waals surface area contributed by atoms with E-state index >= 15 is 0 Å². The smallest absolute Gasteiger partial charge is 0.289 e. The number of benzene rings is 2. The molecular weight excluding hydrogens is 400 g/mol. The van der Waals surface area contributed by atoms with Gasteiger partial charge in [0.2, 0.25) is 0 Å². The standard InChI is InChI=1S/C20H21F2N3OS2/c1-3-25-18(12-14-7-5-4-6-8-14)23-24-20(25)27-13-15-9-10-17(28-19(21)22)16(11-15)26-2/h4-11,19H,3,12-13H2,1-2H3. The number of ether oxygens (including phenoxy) is 1. The topological polar surface area (TPSA) is 39.9 Å². The summed E-state index contributed by atoms with van der Waals surface area (Å²) in [5.41, 5.74) is 2.17. The predicted molar refractivity (Wildman–Crippen MR) is 109 cm³/mol. The highest BCUT2D eigenvalue weighted by Crippen LogP contribution is 2.35.